The highest BCUT2D eigenvalue weighted by Crippen LogP contribution is 2.41. The monoisotopic (exact) mass is 564 g/mol. The lowest BCUT2D eigenvalue weighted by Crippen LogP contribution is -2.28. The molecule has 0 saturated heterocycles. The van der Waals surface area contributed by atoms with Gasteiger partial charge in [-0.05, 0) is 88.4 Å². The van der Waals surface area contributed by atoms with Crippen LogP contribution in [0.25, 0.3) is 0 Å². The van der Waals surface area contributed by atoms with E-state index in [0.29, 0.717) is 0 Å². The first-order valence-electron chi connectivity index (χ1n) is 15.5. The standard InChI is InChI=1S/C41H56O/c1-31(19-14-21-33(3)24-26-38-35(5)23-16-28-40(38,7)8)17-12-13-18-32(2)20-15-22-34(4)25-27-39-36(6)29-37(42-11)30-41(39,9)10/h12-15,17-27,29,37H,16,28,30H2,1-11H3/b17-12+,18-13+,21-14+,22-15+,31-19+,32-20+,33-24+,34-25+,38-26-,39-27-. The van der Waals surface area contributed by atoms with Gasteiger partial charge in [0.05, 0.1) is 6.10 Å². The zero-order chi connectivity index (χ0) is 31.3. The molecule has 0 aliphatic heterocycles. The summed E-state index contributed by atoms with van der Waals surface area (Å²) in [5.41, 5.74) is 10.9. The van der Waals surface area contributed by atoms with Crippen LogP contribution in [0, 0.1) is 10.8 Å². The molecule has 1 unspecified atom stereocenters. The molecule has 42 heavy (non-hydrogen) atoms. The lowest BCUT2D eigenvalue weighted by Gasteiger charge is -2.36. The smallest absolute Gasteiger partial charge is 0.0766 e. The minimum Gasteiger partial charge on any atom is -0.377 e. The number of ether oxygens (including phenoxy) is 1. The summed E-state index contributed by atoms with van der Waals surface area (Å²) in [6.45, 7) is 22.3. The number of hydrogen-bond acceptors (Lipinski definition) is 1. The first kappa shape index (κ1) is 35.0. The van der Waals surface area contributed by atoms with Crippen LogP contribution in [0.3, 0.4) is 0 Å². The van der Waals surface area contributed by atoms with E-state index >= 15 is 0 Å². The Bertz CT molecular complexity index is 1310. The molecule has 0 fully saturated rings. The Kier molecular flexibility index (Phi) is 13.7. The molecule has 0 spiro atoms. The van der Waals surface area contributed by atoms with Crippen LogP contribution >= 0.6 is 0 Å². The van der Waals surface area contributed by atoms with Gasteiger partial charge in [0.2, 0.25) is 0 Å². The molecular formula is C41H56O. The van der Waals surface area contributed by atoms with Gasteiger partial charge in [-0.1, -0.05) is 153 Å². The minimum atomic E-state index is 0.107. The zero-order valence-electron chi connectivity index (χ0n) is 28.3. The Balaban J connectivity index is 1.92. The van der Waals surface area contributed by atoms with E-state index in [0.717, 1.165) is 6.42 Å². The van der Waals surface area contributed by atoms with E-state index in [1.807, 2.05) is 0 Å². The fourth-order valence-electron chi connectivity index (χ4n) is 5.64. The predicted molar refractivity (Wildman–Crippen MR) is 187 cm³/mol. The van der Waals surface area contributed by atoms with E-state index in [2.05, 4.69) is 166 Å². The summed E-state index contributed by atoms with van der Waals surface area (Å²) in [6, 6.07) is 0. The number of rotatable bonds is 10. The fourth-order valence-corrected chi connectivity index (χ4v) is 5.64. The Morgan fingerprint density at radius 1 is 0.667 bits per heavy atom. The topological polar surface area (TPSA) is 9.23 Å². The summed E-state index contributed by atoms with van der Waals surface area (Å²) < 4.78 is 5.59. The summed E-state index contributed by atoms with van der Waals surface area (Å²) in [4.78, 5) is 0. The molecular weight excluding hydrogens is 508 g/mol. The van der Waals surface area contributed by atoms with Gasteiger partial charge in [-0.3, -0.25) is 0 Å². The highest BCUT2D eigenvalue weighted by Gasteiger charge is 2.31. The molecule has 226 valence electrons. The maximum absolute atomic E-state index is 5.59. The number of methoxy groups -OCH3 is 1. The molecule has 0 aromatic heterocycles. The van der Waals surface area contributed by atoms with Crippen molar-refractivity contribution in [3.05, 3.63) is 142 Å². The maximum atomic E-state index is 5.59. The van der Waals surface area contributed by atoms with Gasteiger partial charge in [0.1, 0.15) is 0 Å². The van der Waals surface area contributed by atoms with E-state index in [4.69, 9.17) is 4.74 Å². The average Bonchev–Trinajstić information content (AvgIpc) is 2.89. The van der Waals surface area contributed by atoms with E-state index in [-0.39, 0.29) is 16.9 Å². The average molecular weight is 565 g/mol. The van der Waals surface area contributed by atoms with Gasteiger partial charge in [0.25, 0.3) is 0 Å². The quantitative estimate of drug-likeness (QED) is 0.240. The largest absolute Gasteiger partial charge is 0.377 e. The van der Waals surface area contributed by atoms with Crippen molar-refractivity contribution < 1.29 is 4.74 Å². The summed E-state index contributed by atoms with van der Waals surface area (Å²) >= 11 is 0. The first-order valence-corrected chi connectivity index (χ1v) is 15.5. The van der Waals surface area contributed by atoms with Crippen LogP contribution in [0.5, 0.6) is 0 Å². The molecule has 2 rings (SSSR count). The molecule has 0 radical (unpaired) electrons. The van der Waals surface area contributed by atoms with Gasteiger partial charge in [-0.15, -0.1) is 0 Å². The van der Waals surface area contributed by atoms with Gasteiger partial charge in [0, 0.05) is 7.11 Å². The van der Waals surface area contributed by atoms with Gasteiger partial charge >= 0.3 is 0 Å². The highest BCUT2D eigenvalue weighted by atomic mass is 16.5. The molecule has 0 aromatic rings. The van der Waals surface area contributed by atoms with Crippen LogP contribution in [-0.2, 0) is 4.74 Å². The van der Waals surface area contributed by atoms with Crippen LogP contribution in [0.2, 0.25) is 0 Å². The summed E-state index contributed by atoms with van der Waals surface area (Å²) in [6.07, 6.45) is 38.6. The Labute approximate surface area is 258 Å². The molecule has 0 heterocycles. The van der Waals surface area contributed by atoms with Gasteiger partial charge in [-0.2, -0.15) is 0 Å². The Hall–Kier alpha value is -3.16. The van der Waals surface area contributed by atoms with E-state index in [1.165, 1.54) is 57.4 Å². The van der Waals surface area contributed by atoms with Crippen LogP contribution in [0.15, 0.2) is 142 Å². The van der Waals surface area contributed by atoms with Gasteiger partial charge < -0.3 is 4.74 Å². The fraction of sp³-hybridized carbons (Fsp3) is 0.415. The van der Waals surface area contributed by atoms with Crippen molar-refractivity contribution in [3.63, 3.8) is 0 Å². The predicted octanol–water partition coefficient (Wildman–Crippen LogP) is 12.0. The normalized spacial score (nSPS) is 24.6. The number of allylic oxidation sites excluding steroid dienone is 23. The van der Waals surface area contributed by atoms with Crippen LogP contribution in [0.4, 0.5) is 0 Å². The van der Waals surface area contributed by atoms with Crippen molar-refractivity contribution in [2.45, 2.75) is 94.6 Å². The van der Waals surface area contributed by atoms with Crippen molar-refractivity contribution in [2.24, 2.45) is 10.8 Å². The van der Waals surface area contributed by atoms with Crippen molar-refractivity contribution in [1.82, 2.24) is 0 Å². The van der Waals surface area contributed by atoms with E-state index in [9.17, 15) is 0 Å². The van der Waals surface area contributed by atoms with Gasteiger partial charge in [0.15, 0.2) is 0 Å². The van der Waals surface area contributed by atoms with Gasteiger partial charge in [-0.25, -0.2) is 0 Å². The van der Waals surface area contributed by atoms with Crippen molar-refractivity contribution >= 4 is 0 Å². The van der Waals surface area contributed by atoms with Crippen molar-refractivity contribution in [2.75, 3.05) is 7.11 Å². The highest BCUT2D eigenvalue weighted by molar-refractivity contribution is 5.43. The molecule has 0 aromatic carbocycles. The summed E-state index contributed by atoms with van der Waals surface area (Å²) in [5, 5.41) is 0. The SMILES string of the molecule is COC1C=C(C)/C(=C/C=C(C)/C=C/C=C(C)/C=C/C=C/C(C)=C/C=C/C(C)=C/C=C2/C(C)=CCCC2(C)C)C(C)(C)C1. The molecule has 0 bridgehead atoms. The second-order valence-electron chi connectivity index (χ2n) is 13.3. The molecule has 0 saturated carbocycles. The van der Waals surface area contributed by atoms with Crippen LogP contribution < -0.4 is 0 Å². The van der Waals surface area contributed by atoms with E-state index in [1.54, 1.807) is 7.11 Å². The third-order valence-electron chi connectivity index (χ3n) is 8.27. The summed E-state index contributed by atoms with van der Waals surface area (Å²) in [5.74, 6) is 0. The number of hydrogen-bond donors (Lipinski definition) is 0. The Morgan fingerprint density at radius 2 is 1.12 bits per heavy atom. The van der Waals surface area contributed by atoms with E-state index < -0.39 is 0 Å². The maximum Gasteiger partial charge on any atom is 0.0766 e. The second kappa shape index (κ2) is 16.5. The molecule has 0 N–H and O–H groups in total. The minimum absolute atomic E-state index is 0.107. The third-order valence-corrected chi connectivity index (χ3v) is 8.27. The molecule has 1 nitrogen and oxygen atoms in total. The second-order valence-corrected chi connectivity index (χ2v) is 13.3. The Morgan fingerprint density at radius 3 is 1.57 bits per heavy atom. The third kappa shape index (κ3) is 11.6. The molecule has 1 heteroatoms. The molecule has 1 atom stereocenters. The molecule has 0 amide bonds. The lowest BCUT2D eigenvalue weighted by atomic mass is 9.72. The molecule has 2 aliphatic rings. The summed E-state index contributed by atoms with van der Waals surface area (Å²) in [7, 11) is 1.79. The first-order chi connectivity index (χ1) is 19.7. The lowest BCUT2D eigenvalue weighted by molar-refractivity contribution is 0.100. The van der Waals surface area contributed by atoms with Crippen molar-refractivity contribution in [3.8, 4) is 0 Å². The van der Waals surface area contributed by atoms with Crippen LogP contribution in [0.1, 0.15) is 88.5 Å². The van der Waals surface area contributed by atoms with Crippen LogP contribution in [-0.4, -0.2) is 13.2 Å². The zero-order valence-corrected chi connectivity index (χ0v) is 28.3. The van der Waals surface area contributed by atoms with Crippen molar-refractivity contribution in [1.29, 1.82) is 0 Å². The molecule has 2 aliphatic carbocycles.